The summed E-state index contributed by atoms with van der Waals surface area (Å²) in [5.41, 5.74) is 0.310. The largest absolute Gasteiger partial charge is 0.417 e. The molecule has 0 amide bonds. The lowest BCUT2D eigenvalue weighted by atomic mass is 10.2. The molecule has 2 N–H and O–H groups in total. The SMILES string of the molecule is CC(C)Nc1cc(C(F)(F)F)cnc1Nc1ccccc1. The summed E-state index contributed by atoms with van der Waals surface area (Å²) >= 11 is 0. The van der Waals surface area contributed by atoms with Gasteiger partial charge < -0.3 is 10.6 Å². The van der Waals surface area contributed by atoms with Crippen LogP contribution in [0.1, 0.15) is 19.4 Å². The van der Waals surface area contributed by atoms with Crippen LogP contribution < -0.4 is 10.6 Å². The molecule has 0 aliphatic rings. The Labute approximate surface area is 121 Å². The van der Waals surface area contributed by atoms with Crippen molar-refractivity contribution in [2.45, 2.75) is 26.1 Å². The summed E-state index contributed by atoms with van der Waals surface area (Å²) in [5, 5.41) is 6.00. The molecule has 1 heterocycles. The van der Waals surface area contributed by atoms with Crippen LogP contribution in [0, 0.1) is 0 Å². The molecule has 1 aromatic heterocycles. The molecule has 0 spiro atoms. The lowest BCUT2D eigenvalue weighted by Crippen LogP contribution is -2.14. The lowest BCUT2D eigenvalue weighted by Gasteiger charge is -2.17. The molecule has 6 heteroatoms. The topological polar surface area (TPSA) is 37.0 Å². The van der Waals surface area contributed by atoms with Crippen molar-refractivity contribution in [1.29, 1.82) is 0 Å². The van der Waals surface area contributed by atoms with Gasteiger partial charge in [0.05, 0.1) is 11.3 Å². The van der Waals surface area contributed by atoms with E-state index in [4.69, 9.17) is 0 Å². The maximum atomic E-state index is 12.8. The van der Waals surface area contributed by atoms with Gasteiger partial charge in [0.2, 0.25) is 0 Å². The first-order chi connectivity index (χ1) is 9.86. The number of halogens is 3. The number of nitrogens with zero attached hydrogens (tertiary/aromatic N) is 1. The lowest BCUT2D eigenvalue weighted by molar-refractivity contribution is -0.137. The fourth-order valence-corrected chi connectivity index (χ4v) is 1.80. The Kier molecular flexibility index (Phi) is 4.35. The minimum absolute atomic E-state index is 0.00777. The molecule has 3 nitrogen and oxygen atoms in total. The normalized spacial score (nSPS) is 11.5. The average Bonchev–Trinajstić information content (AvgIpc) is 2.40. The van der Waals surface area contributed by atoms with Gasteiger partial charge in [-0.05, 0) is 32.0 Å². The Morgan fingerprint density at radius 3 is 2.33 bits per heavy atom. The molecule has 0 radical (unpaired) electrons. The van der Waals surface area contributed by atoms with E-state index in [1.165, 1.54) is 0 Å². The molecule has 2 rings (SSSR count). The number of aromatic nitrogens is 1. The van der Waals surface area contributed by atoms with Crippen molar-refractivity contribution in [3.63, 3.8) is 0 Å². The second-order valence-electron chi connectivity index (χ2n) is 4.91. The van der Waals surface area contributed by atoms with Crippen molar-refractivity contribution in [3.8, 4) is 0 Å². The van der Waals surface area contributed by atoms with E-state index in [0.29, 0.717) is 11.5 Å². The number of hydrogen-bond acceptors (Lipinski definition) is 3. The van der Waals surface area contributed by atoms with Crippen LogP contribution in [0.5, 0.6) is 0 Å². The highest BCUT2D eigenvalue weighted by atomic mass is 19.4. The van der Waals surface area contributed by atoms with Gasteiger partial charge in [-0.15, -0.1) is 0 Å². The van der Waals surface area contributed by atoms with Crippen molar-refractivity contribution in [2.75, 3.05) is 10.6 Å². The third-order valence-electron chi connectivity index (χ3n) is 2.70. The zero-order valence-corrected chi connectivity index (χ0v) is 11.7. The molecule has 0 bridgehead atoms. The Bertz CT molecular complexity index is 595. The van der Waals surface area contributed by atoms with Gasteiger partial charge >= 0.3 is 6.18 Å². The number of pyridine rings is 1. The van der Waals surface area contributed by atoms with E-state index in [1.807, 2.05) is 44.2 Å². The van der Waals surface area contributed by atoms with Crippen LogP contribution in [0.3, 0.4) is 0 Å². The monoisotopic (exact) mass is 295 g/mol. The summed E-state index contributed by atoms with van der Waals surface area (Å²) in [7, 11) is 0. The van der Waals surface area contributed by atoms with E-state index >= 15 is 0 Å². The smallest absolute Gasteiger partial charge is 0.380 e. The number of para-hydroxylation sites is 1. The molecule has 0 aliphatic heterocycles. The molecular weight excluding hydrogens is 279 g/mol. The number of alkyl halides is 3. The first-order valence-corrected chi connectivity index (χ1v) is 6.52. The summed E-state index contributed by atoms with van der Waals surface area (Å²) in [6.07, 6.45) is -3.58. The van der Waals surface area contributed by atoms with E-state index in [0.717, 1.165) is 18.0 Å². The molecule has 0 unspecified atom stereocenters. The minimum atomic E-state index is -4.41. The Hall–Kier alpha value is -2.24. The molecule has 0 saturated carbocycles. The number of benzene rings is 1. The molecule has 112 valence electrons. The Morgan fingerprint density at radius 2 is 1.76 bits per heavy atom. The summed E-state index contributed by atoms with van der Waals surface area (Å²) in [5.74, 6) is 0.364. The van der Waals surface area contributed by atoms with Gasteiger partial charge in [0.1, 0.15) is 0 Å². The van der Waals surface area contributed by atoms with Gasteiger partial charge in [0, 0.05) is 17.9 Å². The van der Waals surface area contributed by atoms with Crippen LogP contribution in [0.25, 0.3) is 0 Å². The summed E-state index contributed by atoms with van der Waals surface area (Å²) < 4.78 is 38.3. The maximum absolute atomic E-state index is 12.8. The van der Waals surface area contributed by atoms with Gasteiger partial charge in [0.25, 0.3) is 0 Å². The second kappa shape index (κ2) is 6.03. The molecule has 0 saturated heterocycles. The van der Waals surface area contributed by atoms with E-state index in [1.54, 1.807) is 0 Å². The molecule has 21 heavy (non-hydrogen) atoms. The molecule has 0 atom stereocenters. The van der Waals surface area contributed by atoms with Gasteiger partial charge in [-0.2, -0.15) is 13.2 Å². The molecule has 0 aliphatic carbocycles. The summed E-state index contributed by atoms with van der Waals surface area (Å²) in [6, 6.07) is 10.2. The average molecular weight is 295 g/mol. The maximum Gasteiger partial charge on any atom is 0.417 e. The fraction of sp³-hybridized carbons (Fsp3) is 0.267. The van der Waals surface area contributed by atoms with Crippen molar-refractivity contribution < 1.29 is 13.2 Å². The number of nitrogens with one attached hydrogen (secondary N) is 2. The Balaban J connectivity index is 2.35. The highest BCUT2D eigenvalue weighted by Crippen LogP contribution is 2.33. The van der Waals surface area contributed by atoms with Crippen molar-refractivity contribution in [3.05, 3.63) is 48.2 Å². The van der Waals surface area contributed by atoms with Crippen LogP contribution in [-0.4, -0.2) is 11.0 Å². The quantitative estimate of drug-likeness (QED) is 0.861. The summed E-state index contributed by atoms with van der Waals surface area (Å²) in [4.78, 5) is 3.90. The van der Waals surface area contributed by atoms with E-state index < -0.39 is 11.7 Å². The van der Waals surface area contributed by atoms with Crippen LogP contribution >= 0.6 is 0 Å². The second-order valence-corrected chi connectivity index (χ2v) is 4.91. The standard InChI is InChI=1S/C15H16F3N3/c1-10(2)20-13-8-11(15(16,17)18)9-19-14(13)21-12-6-4-3-5-7-12/h3-10,20H,1-2H3,(H,19,21). The first kappa shape index (κ1) is 15.2. The van der Waals surface area contributed by atoms with Gasteiger partial charge in [-0.3, -0.25) is 0 Å². The zero-order chi connectivity index (χ0) is 15.5. The van der Waals surface area contributed by atoms with Crippen LogP contribution in [0.4, 0.5) is 30.4 Å². The van der Waals surface area contributed by atoms with Crippen molar-refractivity contribution in [1.82, 2.24) is 4.98 Å². The van der Waals surface area contributed by atoms with E-state index in [-0.39, 0.29) is 6.04 Å². The predicted octanol–water partition coefficient (Wildman–Crippen LogP) is 4.66. The number of rotatable bonds is 4. The van der Waals surface area contributed by atoms with Gasteiger partial charge in [0.15, 0.2) is 5.82 Å². The van der Waals surface area contributed by atoms with Crippen LogP contribution in [0.15, 0.2) is 42.6 Å². The predicted molar refractivity (Wildman–Crippen MR) is 77.7 cm³/mol. The summed E-state index contributed by atoms with van der Waals surface area (Å²) in [6.45, 7) is 3.71. The molecular formula is C15H16F3N3. The van der Waals surface area contributed by atoms with Gasteiger partial charge in [-0.1, -0.05) is 18.2 Å². The van der Waals surface area contributed by atoms with E-state index in [9.17, 15) is 13.2 Å². The fourth-order valence-electron chi connectivity index (χ4n) is 1.80. The van der Waals surface area contributed by atoms with Crippen LogP contribution in [-0.2, 0) is 6.18 Å². The van der Waals surface area contributed by atoms with Crippen molar-refractivity contribution >= 4 is 17.2 Å². The number of anilines is 3. The highest BCUT2D eigenvalue weighted by molar-refractivity contribution is 5.71. The highest BCUT2D eigenvalue weighted by Gasteiger charge is 2.31. The van der Waals surface area contributed by atoms with Crippen LogP contribution in [0.2, 0.25) is 0 Å². The molecule has 2 aromatic rings. The zero-order valence-electron chi connectivity index (χ0n) is 11.7. The van der Waals surface area contributed by atoms with E-state index in [2.05, 4.69) is 15.6 Å². The first-order valence-electron chi connectivity index (χ1n) is 6.52. The third kappa shape index (κ3) is 4.11. The molecule has 1 aromatic carbocycles. The minimum Gasteiger partial charge on any atom is -0.380 e. The Morgan fingerprint density at radius 1 is 1.10 bits per heavy atom. The molecule has 0 fully saturated rings. The third-order valence-corrected chi connectivity index (χ3v) is 2.70. The van der Waals surface area contributed by atoms with Gasteiger partial charge in [-0.25, -0.2) is 4.98 Å². The number of hydrogen-bond donors (Lipinski definition) is 2. The van der Waals surface area contributed by atoms with Crippen molar-refractivity contribution in [2.24, 2.45) is 0 Å².